The number of alkyl halides is 2. The van der Waals surface area contributed by atoms with Crippen molar-refractivity contribution in [2.24, 2.45) is 0 Å². The van der Waals surface area contributed by atoms with E-state index in [4.69, 9.17) is 5.11 Å². The normalized spacial score (nSPS) is 12.8. The molecule has 0 saturated carbocycles. The van der Waals surface area contributed by atoms with Gasteiger partial charge in [-0.3, -0.25) is 4.79 Å². The highest BCUT2D eigenvalue weighted by atomic mass is 19.3. The van der Waals surface area contributed by atoms with Gasteiger partial charge in [-0.2, -0.15) is 0 Å². The summed E-state index contributed by atoms with van der Waals surface area (Å²) in [6.45, 7) is 1.22. The first-order valence-electron chi connectivity index (χ1n) is 5.28. The van der Waals surface area contributed by atoms with Crippen molar-refractivity contribution in [2.45, 2.75) is 26.0 Å². The largest absolute Gasteiger partial charge is 0.392 e. The monoisotopic (exact) mass is 246 g/mol. The molecule has 17 heavy (non-hydrogen) atoms. The zero-order chi connectivity index (χ0) is 13.0. The van der Waals surface area contributed by atoms with Gasteiger partial charge in [-0.05, 0) is 19.1 Å². The number of hydrogen-bond acceptors (Lipinski definition) is 2. The number of carbonyl (C=O) groups is 1. The second-order valence-electron chi connectivity index (χ2n) is 3.97. The predicted molar refractivity (Wildman–Crippen MR) is 59.1 cm³/mol. The zero-order valence-corrected chi connectivity index (χ0v) is 9.81. The van der Waals surface area contributed by atoms with E-state index >= 15 is 0 Å². The van der Waals surface area contributed by atoms with Crippen LogP contribution in [0.5, 0.6) is 0 Å². The Labute approximate surface area is 98.5 Å². The minimum Gasteiger partial charge on any atom is -0.392 e. The fraction of sp³-hybridized carbons (Fsp3) is 0.545. The third-order valence-electron chi connectivity index (χ3n) is 2.27. The summed E-state index contributed by atoms with van der Waals surface area (Å²) in [5.41, 5.74) is 0.202. The van der Waals surface area contributed by atoms with Gasteiger partial charge in [-0.25, -0.2) is 8.78 Å². The number of hydrogen-bond donors (Lipinski definition) is 1. The third-order valence-corrected chi connectivity index (χ3v) is 2.27. The summed E-state index contributed by atoms with van der Waals surface area (Å²) < 4.78 is 25.7. The number of halogens is 2. The van der Waals surface area contributed by atoms with Crippen LogP contribution in [0.15, 0.2) is 18.3 Å². The quantitative estimate of drug-likeness (QED) is 0.848. The van der Waals surface area contributed by atoms with E-state index in [-0.39, 0.29) is 18.1 Å². The molecule has 0 aromatic carbocycles. The Morgan fingerprint density at radius 1 is 1.59 bits per heavy atom. The van der Waals surface area contributed by atoms with Crippen LogP contribution in [0.3, 0.4) is 0 Å². The minimum absolute atomic E-state index is 0.165. The number of carbonyl (C=O) groups excluding carboxylic acids is 1. The number of likely N-dealkylation sites (N-methyl/N-ethyl adjacent to an activating group) is 1. The highest BCUT2D eigenvalue weighted by molar-refractivity contribution is 5.92. The number of rotatable bonds is 5. The summed E-state index contributed by atoms with van der Waals surface area (Å²) in [7, 11) is 1.52. The summed E-state index contributed by atoms with van der Waals surface area (Å²) in [4.78, 5) is 13.2. The van der Waals surface area contributed by atoms with Gasteiger partial charge in [0.25, 0.3) is 12.3 Å². The van der Waals surface area contributed by atoms with Gasteiger partial charge in [0, 0.05) is 19.8 Å². The Kier molecular flexibility index (Phi) is 4.62. The number of amides is 1. The van der Waals surface area contributed by atoms with E-state index in [1.165, 1.54) is 28.8 Å². The molecule has 1 aromatic rings. The van der Waals surface area contributed by atoms with Gasteiger partial charge in [0.05, 0.1) is 12.6 Å². The minimum atomic E-state index is -2.50. The SMILES string of the molecule is CC(O)CN(C)C(=O)c1cccn1CC(F)F. The zero-order valence-electron chi connectivity index (χ0n) is 9.81. The van der Waals surface area contributed by atoms with Gasteiger partial charge in [0.15, 0.2) is 0 Å². The average molecular weight is 246 g/mol. The maximum absolute atomic E-state index is 12.3. The number of aromatic nitrogens is 1. The molecule has 0 fully saturated rings. The molecular weight excluding hydrogens is 230 g/mol. The topological polar surface area (TPSA) is 45.5 Å². The van der Waals surface area contributed by atoms with E-state index in [0.29, 0.717) is 0 Å². The van der Waals surface area contributed by atoms with Crippen molar-refractivity contribution in [3.63, 3.8) is 0 Å². The Morgan fingerprint density at radius 2 is 2.24 bits per heavy atom. The van der Waals surface area contributed by atoms with Crippen LogP contribution in [-0.2, 0) is 6.54 Å². The molecule has 96 valence electrons. The van der Waals surface area contributed by atoms with Crippen molar-refractivity contribution in [2.75, 3.05) is 13.6 Å². The maximum atomic E-state index is 12.3. The van der Waals surface area contributed by atoms with Gasteiger partial charge < -0.3 is 14.6 Å². The molecule has 0 radical (unpaired) electrons. The van der Waals surface area contributed by atoms with Crippen molar-refractivity contribution in [1.29, 1.82) is 0 Å². The molecule has 1 rings (SSSR count). The molecular formula is C11H16F2N2O2. The van der Waals surface area contributed by atoms with E-state index in [1.54, 1.807) is 13.0 Å². The predicted octanol–water partition coefficient (Wildman–Crippen LogP) is 1.21. The molecule has 1 heterocycles. The van der Waals surface area contributed by atoms with Crippen LogP contribution < -0.4 is 0 Å². The summed E-state index contributed by atoms with van der Waals surface area (Å²) in [6, 6.07) is 3.04. The van der Waals surface area contributed by atoms with Crippen LogP contribution in [0.2, 0.25) is 0 Å². The molecule has 1 atom stereocenters. The number of aliphatic hydroxyl groups excluding tert-OH is 1. The lowest BCUT2D eigenvalue weighted by Crippen LogP contribution is -2.34. The molecule has 1 unspecified atom stereocenters. The van der Waals surface area contributed by atoms with Crippen molar-refractivity contribution in [3.8, 4) is 0 Å². The van der Waals surface area contributed by atoms with Crippen molar-refractivity contribution < 1.29 is 18.7 Å². The Hall–Kier alpha value is -1.43. The van der Waals surface area contributed by atoms with E-state index in [2.05, 4.69) is 0 Å². The smallest absolute Gasteiger partial charge is 0.270 e. The molecule has 4 nitrogen and oxygen atoms in total. The lowest BCUT2D eigenvalue weighted by molar-refractivity contribution is 0.0684. The molecule has 0 spiro atoms. The highest BCUT2D eigenvalue weighted by Crippen LogP contribution is 2.09. The second kappa shape index (κ2) is 5.77. The first-order valence-corrected chi connectivity index (χ1v) is 5.28. The summed E-state index contributed by atoms with van der Waals surface area (Å²) in [5.74, 6) is -0.378. The molecule has 0 aliphatic rings. The summed E-state index contributed by atoms with van der Waals surface area (Å²) in [5, 5.41) is 9.16. The lowest BCUT2D eigenvalue weighted by atomic mass is 10.3. The Balaban J connectivity index is 2.78. The van der Waals surface area contributed by atoms with E-state index in [1.807, 2.05) is 0 Å². The number of nitrogens with zero attached hydrogens (tertiary/aromatic N) is 2. The van der Waals surface area contributed by atoms with Gasteiger partial charge in [-0.1, -0.05) is 0 Å². The first kappa shape index (κ1) is 13.6. The van der Waals surface area contributed by atoms with Gasteiger partial charge in [0.1, 0.15) is 5.69 Å². The number of aliphatic hydroxyl groups is 1. The highest BCUT2D eigenvalue weighted by Gasteiger charge is 2.18. The van der Waals surface area contributed by atoms with Crippen LogP contribution in [0.4, 0.5) is 8.78 Å². The van der Waals surface area contributed by atoms with E-state index < -0.39 is 19.1 Å². The fourth-order valence-electron chi connectivity index (χ4n) is 1.59. The van der Waals surface area contributed by atoms with Crippen LogP contribution in [0.1, 0.15) is 17.4 Å². The molecule has 0 bridgehead atoms. The summed E-state index contributed by atoms with van der Waals surface area (Å²) >= 11 is 0. The van der Waals surface area contributed by atoms with Gasteiger partial charge in [0.2, 0.25) is 0 Å². The second-order valence-corrected chi connectivity index (χ2v) is 3.97. The molecule has 0 aliphatic heterocycles. The molecule has 1 amide bonds. The van der Waals surface area contributed by atoms with E-state index in [9.17, 15) is 13.6 Å². The maximum Gasteiger partial charge on any atom is 0.270 e. The van der Waals surface area contributed by atoms with Crippen LogP contribution in [-0.4, -0.2) is 46.6 Å². The molecule has 1 aromatic heterocycles. The third kappa shape index (κ3) is 3.81. The average Bonchev–Trinajstić information content (AvgIpc) is 2.62. The van der Waals surface area contributed by atoms with Crippen molar-refractivity contribution in [1.82, 2.24) is 9.47 Å². The molecule has 0 aliphatic carbocycles. The lowest BCUT2D eigenvalue weighted by Gasteiger charge is -2.19. The van der Waals surface area contributed by atoms with Crippen LogP contribution >= 0.6 is 0 Å². The van der Waals surface area contributed by atoms with Crippen LogP contribution in [0.25, 0.3) is 0 Å². The van der Waals surface area contributed by atoms with Crippen molar-refractivity contribution in [3.05, 3.63) is 24.0 Å². The Bertz CT molecular complexity index is 377. The van der Waals surface area contributed by atoms with Crippen LogP contribution in [0, 0.1) is 0 Å². The molecule has 6 heteroatoms. The molecule has 1 N–H and O–H groups in total. The first-order chi connectivity index (χ1) is 7.91. The van der Waals surface area contributed by atoms with Crippen molar-refractivity contribution >= 4 is 5.91 Å². The standard InChI is InChI=1S/C11H16F2N2O2/c1-8(16)6-14(2)11(17)9-4-3-5-15(9)7-10(12)13/h3-5,8,10,16H,6-7H2,1-2H3. The molecule has 0 saturated heterocycles. The van der Waals surface area contributed by atoms with Gasteiger partial charge in [-0.15, -0.1) is 0 Å². The van der Waals surface area contributed by atoms with E-state index in [0.717, 1.165) is 0 Å². The van der Waals surface area contributed by atoms with Gasteiger partial charge >= 0.3 is 0 Å². The Morgan fingerprint density at radius 3 is 2.76 bits per heavy atom. The summed E-state index contributed by atoms with van der Waals surface area (Å²) in [6.07, 6.45) is -1.71. The fourth-order valence-corrected chi connectivity index (χ4v) is 1.59.